The number of hydrogen-bond donors (Lipinski definition) is 1. The molecule has 3 rings (SSSR count). The Bertz CT molecular complexity index is 489. The summed E-state index contributed by atoms with van der Waals surface area (Å²) in [6, 6.07) is 6.91. The Morgan fingerprint density at radius 2 is 2.19 bits per heavy atom. The number of ether oxygens (including phenoxy) is 1. The molecular formula is C17H27N3O. The molecule has 1 unspecified atom stereocenters. The molecule has 4 heteroatoms. The van der Waals surface area contributed by atoms with Crippen LogP contribution in [-0.4, -0.2) is 49.8 Å². The second-order valence-electron chi connectivity index (χ2n) is 6.52. The minimum atomic E-state index is 0.300. The zero-order valence-corrected chi connectivity index (χ0v) is 13.2. The maximum absolute atomic E-state index is 5.99. The molecule has 0 spiro atoms. The van der Waals surface area contributed by atoms with Crippen LogP contribution in [0, 0.1) is 0 Å². The van der Waals surface area contributed by atoms with Gasteiger partial charge in [0, 0.05) is 43.6 Å². The van der Waals surface area contributed by atoms with Gasteiger partial charge in [-0.3, -0.25) is 4.90 Å². The van der Waals surface area contributed by atoms with Gasteiger partial charge in [-0.2, -0.15) is 0 Å². The lowest BCUT2D eigenvalue weighted by Crippen LogP contribution is -2.50. The summed E-state index contributed by atoms with van der Waals surface area (Å²) in [5.74, 6) is 0. The summed E-state index contributed by atoms with van der Waals surface area (Å²) in [5.41, 5.74) is 9.56. The standard InChI is InChI=1S/C17H27N3O/c1-13(2)19-8-9-21-16(11-19)12-20-7-3-4-14-5-6-15(18)10-17(14)20/h5-6,10,13,16H,3-4,7-9,11-12,18H2,1-2H3. The van der Waals surface area contributed by atoms with Crippen LogP contribution in [0.3, 0.4) is 0 Å². The van der Waals surface area contributed by atoms with Gasteiger partial charge in [0.25, 0.3) is 0 Å². The van der Waals surface area contributed by atoms with E-state index in [2.05, 4.69) is 35.8 Å². The Hall–Kier alpha value is -1.26. The second-order valence-corrected chi connectivity index (χ2v) is 6.52. The van der Waals surface area contributed by atoms with Crippen LogP contribution in [-0.2, 0) is 11.2 Å². The van der Waals surface area contributed by atoms with Crippen molar-refractivity contribution in [1.82, 2.24) is 4.90 Å². The minimum absolute atomic E-state index is 0.300. The second kappa shape index (κ2) is 6.24. The number of hydrogen-bond acceptors (Lipinski definition) is 4. The molecule has 1 aromatic rings. The third kappa shape index (κ3) is 3.33. The van der Waals surface area contributed by atoms with Crippen LogP contribution < -0.4 is 10.6 Å². The van der Waals surface area contributed by atoms with E-state index in [-0.39, 0.29) is 0 Å². The molecule has 1 fully saturated rings. The number of aryl methyl sites for hydroxylation is 1. The zero-order valence-electron chi connectivity index (χ0n) is 13.2. The van der Waals surface area contributed by atoms with Crippen molar-refractivity contribution in [2.45, 2.75) is 38.8 Å². The molecular weight excluding hydrogens is 262 g/mol. The Labute approximate surface area is 127 Å². The van der Waals surface area contributed by atoms with E-state index < -0.39 is 0 Å². The van der Waals surface area contributed by atoms with E-state index in [9.17, 15) is 0 Å². The smallest absolute Gasteiger partial charge is 0.0877 e. The third-order valence-corrected chi connectivity index (χ3v) is 4.65. The van der Waals surface area contributed by atoms with E-state index in [0.717, 1.165) is 44.9 Å². The molecule has 1 atom stereocenters. The van der Waals surface area contributed by atoms with Gasteiger partial charge in [-0.1, -0.05) is 6.07 Å². The summed E-state index contributed by atoms with van der Waals surface area (Å²) in [7, 11) is 0. The van der Waals surface area contributed by atoms with E-state index in [1.54, 1.807) is 0 Å². The molecule has 0 aromatic heterocycles. The highest BCUT2D eigenvalue weighted by molar-refractivity contribution is 5.62. The topological polar surface area (TPSA) is 41.7 Å². The summed E-state index contributed by atoms with van der Waals surface area (Å²) in [5, 5.41) is 0. The summed E-state index contributed by atoms with van der Waals surface area (Å²) >= 11 is 0. The molecule has 0 amide bonds. The highest BCUT2D eigenvalue weighted by atomic mass is 16.5. The molecule has 2 aliphatic rings. The third-order valence-electron chi connectivity index (χ3n) is 4.65. The van der Waals surface area contributed by atoms with Crippen molar-refractivity contribution in [2.24, 2.45) is 0 Å². The molecule has 1 saturated heterocycles. The molecule has 21 heavy (non-hydrogen) atoms. The van der Waals surface area contributed by atoms with Gasteiger partial charge < -0.3 is 15.4 Å². The highest BCUT2D eigenvalue weighted by Crippen LogP contribution is 2.29. The number of nitrogens with zero attached hydrogens (tertiary/aromatic N) is 2. The molecule has 4 nitrogen and oxygen atoms in total. The van der Waals surface area contributed by atoms with Crippen molar-refractivity contribution < 1.29 is 4.74 Å². The number of morpholine rings is 1. The van der Waals surface area contributed by atoms with Gasteiger partial charge in [0.2, 0.25) is 0 Å². The van der Waals surface area contributed by atoms with Crippen LogP contribution in [0.15, 0.2) is 18.2 Å². The molecule has 0 aliphatic carbocycles. The van der Waals surface area contributed by atoms with E-state index in [0.29, 0.717) is 12.1 Å². The Morgan fingerprint density at radius 3 is 3.00 bits per heavy atom. The average molecular weight is 289 g/mol. The monoisotopic (exact) mass is 289 g/mol. The summed E-state index contributed by atoms with van der Waals surface area (Å²) in [4.78, 5) is 4.97. The maximum Gasteiger partial charge on any atom is 0.0877 e. The van der Waals surface area contributed by atoms with Gasteiger partial charge in [0.15, 0.2) is 0 Å². The first-order valence-electron chi connectivity index (χ1n) is 8.12. The van der Waals surface area contributed by atoms with Gasteiger partial charge in [-0.05, 0) is 44.4 Å². The maximum atomic E-state index is 5.99. The Balaban J connectivity index is 1.70. The lowest BCUT2D eigenvalue weighted by atomic mass is 10.0. The van der Waals surface area contributed by atoms with Gasteiger partial charge in [0.1, 0.15) is 0 Å². The van der Waals surface area contributed by atoms with Crippen molar-refractivity contribution >= 4 is 11.4 Å². The molecule has 1 aromatic carbocycles. The molecule has 2 aliphatic heterocycles. The Morgan fingerprint density at radius 1 is 1.33 bits per heavy atom. The first kappa shape index (κ1) is 14.7. The number of rotatable bonds is 3. The number of nitrogens with two attached hydrogens (primary N) is 1. The minimum Gasteiger partial charge on any atom is -0.399 e. The summed E-state index contributed by atoms with van der Waals surface area (Å²) in [6.07, 6.45) is 2.68. The van der Waals surface area contributed by atoms with E-state index in [1.807, 2.05) is 6.07 Å². The van der Waals surface area contributed by atoms with Crippen LogP contribution in [0.5, 0.6) is 0 Å². The first-order chi connectivity index (χ1) is 10.1. The van der Waals surface area contributed by atoms with Crippen LogP contribution in [0.25, 0.3) is 0 Å². The van der Waals surface area contributed by atoms with Crippen molar-refractivity contribution in [3.05, 3.63) is 23.8 Å². The molecule has 0 bridgehead atoms. The van der Waals surface area contributed by atoms with Crippen LogP contribution >= 0.6 is 0 Å². The van der Waals surface area contributed by atoms with Gasteiger partial charge in [-0.25, -0.2) is 0 Å². The Kier molecular flexibility index (Phi) is 4.36. The van der Waals surface area contributed by atoms with E-state index in [4.69, 9.17) is 10.5 Å². The number of benzene rings is 1. The lowest BCUT2D eigenvalue weighted by Gasteiger charge is -2.39. The lowest BCUT2D eigenvalue weighted by molar-refractivity contribution is -0.0343. The molecule has 0 radical (unpaired) electrons. The molecule has 116 valence electrons. The van der Waals surface area contributed by atoms with Crippen LogP contribution in [0.2, 0.25) is 0 Å². The fraction of sp³-hybridized carbons (Fsp3) is 0.647. The van der Waals surface area contributed by atoms with Crippen molar-refractivity contribution in [3.63, 3.8) is 0 Å². The predicted octanol–water partition coefficient (Wildman–Crippen LogP) is 2.13. The molecule has 2 N–H and O–H groups in total. The summed E-state index contributed by atoms with van der Waals surface area (Å²) < 4.78 is 5.99. The first-order valence-corrected chi connectivity index (χ1v) is 8.12. The van der Waals surface area contributed by atoms with Crippen LogP contribution in [0.4, 0.5) is 11.4 Å². The summed E-state index contributed by atoms with van der Waals surface area (Å²) in [6.45, 7) is 9.54. The SMILES string of the molecule is CC(C)N1CCOC(CN2CCCc3ccc(N)cc32)C1. The van der Waals surface area contributed by atoms with Crippen molar-refractivity contribution in [3.8, 4) is 0 Å². The normalized spacial score (nSPS) is 23.4. The van der Waals surface area contributed by atoms with E-state index >= 15 is 0 Å². The van der Waals surface area contributed by atoms with Gasteiger partial charge in [0.05, 0.1) is 12.7 Å². The highest BCUT2D eigenvalue weighted by Gasteiger charge is 2.26. The average Bonchev–Trinajstić information content (AvgIpc) is 2.48. The van der Waals surface area contributed by atoms with Gasteiger partial charge in [-0.15, -0.1) is 0 Å². The van der Waals surface area contributed by atoms with Crippen molar-refractivity contribution in [1.29, 1.82) is 0 Å². The quantitative estimate of drug-likeness (QED) is 0.866. The number of nitrogen functional groups attached to an aromatic ring is 1. The van der Waals surface area contributed by atoms with Crippen LogP contribution in [0.1, 0.15) is 25.8 Å². The zero-order chi connectivity index (χ0) is 14.8. The number of anilines is 2. The predicted molar refractivity (Wildman–Crippen MR) is 87.8 cm³/mol. The number of fused-ring (bicyclic) bond motifs is 1. The molecule has 2 heterocycles. The van der Waals surface area contributed by atoms with Crippen molar-refractivity contribution in [2.75, 3.05) is 43.4 Å². The largest absolute Gasteiger partial charge is 0.399 e. The van der Waals surface area contributed by atoms with Gasteiger partial charge >= 0.3 is 0 Å². The fourth-order valence-corrected chi connectivity index (χ4v) is 3.42. The molecule has 0 saturated carbocycles. The fourth-order valence-electron chi connectivity index (χ4n) is 3.42. The van der Waals surface area contributed by atoms with E-state index in [1.165, 1.54) is 17.7 Å².